The minimum absolute atomic E-state index is 0.0210. The molecule has 0 aliphatic heterocycles. The molecular formula is C43H83NO6. The first-order valence-corrected chi connectivity index (χ1v) is 21.0. The van der Waals surface area contributed by atoms with Crippen LogP contribution in [-0.2, 0) is 28.6 Å². The van der Waals surface area contributed by atoms with Crippen molar-refractivity contribution in [2.45, 2.75) is 202 Å². The summed E-state index contributed by atoms with van der Waals surface area (Å²) in [6.07, 6.45) is 23.7. The minimum atomic E-state index is -0.0798. The van der Waals surface area contributed by atoms with E-state index in [0.29, 0.717) is 44.3 Å². The molecule has 0 saturated carbocycles. The van der Waals surface area contributed by atoms with E-state index in [4.69, 9.17) is 14.2 Å². The summed E-state index contributed by atoms with van der Waals surface area (Å²) in [7, 11) is 4.04. The van der Waals surface area contributed by atoms with Gasteiger partial charge in [0, 0.05) is 19.3 Å². The number of unbranched alkanes of at least 4 members (excludes halogenated alkanes) is 8. The van der Waals surface area contributed by atoms with E-state index in [1.165, 1.54) is 38.5 Å². The van der Waals surface area contributed by atoms with Crippen molar-refractivity contribution in [3.8, 4) is 0 Å². The number of hydrogen-bond donors (Lipinski definition) is 0. The highest BCUT2D eigenvalue weighted by atomic mass is 16.5. The predicted octanol–water partition coefficient (Wildman–Crippen LogP) is 11.5. The highest BCUT2D eigenvalue weighted by molar-refractivity contribution is 5.70. The number of ether oxygens (including phenoxy) is 3. The van der Waals surface area contributed by atoms with Gasteiger partial charge in [-0.25, -0.2) is 0 Å². The molecule has 0 aliphatic rings. The maximum Gasteiger partial charge on any atom is 0.306 e. The molecule has 0 heterocycles. The minimum Gasteiger partial charge on any atom is -0.466 e. The number of hydrogen-bond acceptors (Lipinski definition) is 7. The molecule has 0 N–H and O–H groups in total. The average molecular weight is 710 g/mol. The fourth-order valence-corrected chi connectivity index (χ4v) is 6.32. The lowest BCUT2D eigenvalue weighted by atomic mass is 9.98. The van der Waals surface area contributed by atoms with Crippen LogP contribution in [0.3, 0.4) is 0 Å². The molecule has 0 aromatic carbocycles. The molecular weight excluding hydrogens is 626 g/mol. The molecule has 2 unspecified atom stereocenters. The van der Waals surface area contributed by atoms with Gasteiger partial charge in [0.05, 0.1) is 13.2 Å². The van der Waals surface area contributed by atoms with E-state index < -0.39 is 0 Å². The first kappa shape index (κ1) is 48.4. The van der Waals surface area contributed by atoms with Crippen LogP contribution < -0.4 is 0 Å². The SMILES string of the molecule is CC(C)CCCC(C)CCOC(=O)CCCCCCCC(CCCCCCCC(=O)OCCC(C)CCCC(C)C)OC(=O)CCCN(C)C. The molecule has 0 spiro atoms. The smallest absolute Gasteiger partial charge is 0.306 e. The molecule has 0 aliphatic carbocycles. The summed E-state index contributed by atoms with van der Waals surface area (Å²) in [5.41, 5.74) is 0. The Bertz CT molecular complexity index is 761. The second-order valence-corrected chi connectivity index (χ2v) is 16.5. The number of carbonyl (C=O) groups excluding carboxylic acids is 3. The molecule has 0 aromatic rings. The van der Waals surface area contributed by atoms with Crippen LogP contribution in [0.15, 0.2) is 0 Å². The predicted molar refractivity (Wildman–Crippen MR) is 209 cm³/mol. The molecule has 50 heavy (non-hydrogen) atoms. The van der Waals surface area contributed by atoms with Crippen LogP contribution in [0, 0.1) is 23.7 Å². The number of esters is 3. The highest BCUT2D eigenvalue weighted by Gasteiger charge is 2.15. The van der Waals surface area contributed by atoms with Gasteiger partial charge in [-0.2, -0.15) is 0 Å². The zero-order valence-corrected chi connectivity index (χ0v) is 34.4. The Morgan fingerprint density at radius 2 is 0.840 bits per heavy atom. The Labute approximate surface area is 310 Å². The summed E-state index contributed by atoms with van der Waals surface area (Å²) in [6, 6.07) is 0. The molecule has 0 bridgehead atoms. The average Bonchev–Trinajstić information content (AvgIpc) is 3.03. The van der Waals surface area contributed by atoms with Crippen molar-refractivity contribution in [3.63, 3.8) is 0 Å². The number of carbonyl (C=O) groups is 3. The molecule has 0 saturated heterocycles. The lowest BCUT2D eigenvalue weighted by Gasteiger charge is -2.18. The normalized spacial score (nSPS) is 13.5. The third-order valence-corrected chi connectivity index (χ3v) is 9.80. The van der Waals surface area contributed by atoms with Crippen LogP contribution in [0.5, 0.6) is 0 Å². The van der Waals surface area contributed by atoms with Crippen LogP contribution in [0.1, 0.15) is 196 Å². The van der Waals surface area contributed by atoms with Crippen molar-refractivity contribution in [2.75, 3.05) is 33.9 Å². The van der Waals surface area contributed by atoms with Crippen LogP contribution in [0.2, 0.25) is 0 Å². The first-order chi connectivity index (χ1) is 23.9. The zero-order valence-electron chi connectivity index (χ0n) is 34.4. The second-order valence-electron chi connectivity index (χ2n) is 16.5. The van der Waals surface area contributed by atoms with Crippen LogP contribution in [0.4, 0.5) is 0 Å². The second kappa shape index (κ2) is 33.2. The molecule has 0 radical (unpaired) electrons. The third kappa shape index (κ3) is 34.8. The Morgan fingerprint density at radius 1 is 0.440 bits per heavy atom. The first-order valence-electron chi connectivity index (χ1n) is 21.0. The van der Waals surface area contributed by atoms with Crippen molar-refractivity contribution >= 4 is 17.9 Å². The zero-order chi connectivity index (χ0) is 37.4. The van der Waals surface area contributed by atoms with Gasteiger partial charge in [-0.1, -0.05) is 119 Å². The monoisotopic (exact) mass is 710 g/mol. The van der Waals surface area contributed by atoms with Crippen molar-refractivity contribution in [2.24, 2.45) is 23.7 Å². The van der Waals surface area contributed by atoms with Gasteiger partial charge in [-0.15, -0.1) is 0 Å². The highest BCUT2D eigenvalue weighted by Crippen LogP contribution is 2.19. The number of rotatable bonds is 35. The van der Waals surface area contributed by atoms with E-state index in [1.54, 1.807) is 0 Å². The standard InChI is InChI=1S/C43H83NO6/c1-36(2)22-19-24-38(5)31-34-48-41(45)28-17-13-9-11-15-26-40(50-43(47)30-21-33-44(7)8)27-16-12-10-14-18-29-42(46)49-35-32-39(6)25-20-23-37(3)4/h36-40H,9-35H2,1-8H3. The topological polar surface area (TPSA) is 82.1 Å². The van der Waals surface area contributed by atoms with Gasteiger partial charge in [0.15, 0.2) is 0 Å². The fraction of sp³-hybridized carbons (Fsp3) is 0.930. The lowest BCUT2D eigenvalue weighted by molar-refractivity contribution is -0.150. The molecule has 7 nitrogen and oxygen atoms in total. The Kier molecular flexibility index (Phi) is 32.1. The third-order valence-electron chi connectivity index (χ3n) is 9.80. The molecule has 296 valence electrons. The summed E-state index contributed by atoms with van der Waals surface area (Å²) in [5.74, 6) is 2.53. The van der Waals surface area contributed by atoms with Crippen molar-refractivity contribution < 1.29 is 28.6 Å². The Morgan fingerprint density at radius 3 is 1.26 bits per heavy atom. The van der Waals surface area contributed by atoms with Gasteiger partial charge in [0.2, 0.25) is 0 Å². The van der Waals surface area contributed by atoms with Gasteiger partial charge >= 0.3 is 17.9 Å². The molecule has 0 rings (SSSR count). The largest absolute Gasteiger partial charge is 0.466 e. The van der Waals surface area contributed by atoms with Gasteiger partial charge < -0.3 is 19.1 Å². The lowest BCUT2D eigenvalue weighted by Crippen LogP contribution is -2.20. The molecule has 0 aromatic heterocycles. The van der Waals surface area contributed by atoms with Crippen LogP contribution in [0.25, 0.3) is 0 Å². The quantitative estimate of drug-likeness (QED) is 0.0368. The van der Waals surface area contributed by atoms with Gasteiger partial charge in [-0.3, -0.25) is 14.4 Å². The number of nitrogens with zero attached hydrogens (tertiary/aromatic N) is 1. The van der Waals surface area contributed by atoms with E-state index in [1.807, 2.05) is 14.1 Å². The molecule has 7 heteroatoms. The van der Waals surface area contributed by atoms with E-state index in [9.17, 15) is 14.4 Å². The summed E-state index contributed by atoms with van der Waals surface area (Å²) in [6.45, 7) is 15.6. The van der Waals surface area contributed by atoms with Crippen molar-refractivity contribution in [1.82, 2.24) is 4.90 Å². The molecule has 0 amide bonds. The van der Waals surface area contributed by atoms with E-state index >= 15 is 0 Å². The maximum absolute atomic E-state index is 12.5. The summed E-state index contributed by atoms with van der Waals surface area (Å²) in [5, 5.41) is 0. The van der Waals surface area contributed by atoms with Crippen molar-refractivity contribution in [3.05, 3.63) is 0 Å². The van der Waals surface area contributed by atoms with Gasteiger partial charge in [-0.05, 0) is 102 Å². The van der Waals surface area contributed by atoms with E-state index in [0.717, 1.165) is 115 Å². The van der Waals surface area contributed by atoms with Crippen LogP contribution >= 0.6 is 0 Å². The Balaban J connectivity index is 4.15. The summed E-state index contributed by atoms with van der Waals surface area (Å²) in [4.78, 5) is 38.9. The maximum atomic E-state index is 12.5. The van der Waals surface area contributed by atoms with E-state index in [2.05, 4.69) is 46.4 Å². The van der Waals surface area contributed by atoms with Gasteiger partial charge in [0.1, 0.15) is 6.10 Å². The molecule has 0 fully saturated rings. The van der Waals surface area contributed by atoms with Crippen molar-refractivity contribution in [1.29, 1.82) is 0 Å². The molecule has 2 atom stereocenters. The van der Waals surface area contributed by atoms with E-state index in [-0.39, 0.29) is 24.0 Å². The summed E-state index contributed by atoms with van der Waals surface area (Å²) >= 11 is 0. The van der Waals surface area contributed by atoms with Gasteiger partial charge in [0.25, 0.3) is 0 Å². The summed E-state index contributed by atoms with van der Waals surface area (Å²) < 4.78 is 16.9. The fourth-order valence-electron chi connectivity index (χ4n) is 6.32. The Hall–Kier alpha value is -1.63. The van der Waals surface area contributed by atoms with Crippen LogP contribution in [-0.4, -0.2) is 62.8 Å².